The first-order chi connectivity index (χ1) is 9.65. The molecule has 0 spiro atoms. The van der Waals surface area contributed by atoms with Crippen LogP contribution in [-0.2, 0) is 24.2 Å². The van der Waals surface area contributed by atoms with Gasteiger partial charge in [-0.2, -0.15) is 0 Å². The van der Waals surface area contributed by atoms with Crippen LogP contribution >= 0.6 is 0 Å². The third-order valence-corrected chi connectivity index (χ3v) is 2.95. The number of nitrogens with zero attached hydrogens (tertiary/aromatic N) is 3. The van der Waals surface area contributed by atoms with Gasteiger partial charge < -0.3 is 15.0 Å². The Kier molecular flexibility index (Phi) is 4.75. The summed E-state index contributed by atoms with van der Waals surface area (Å²) < 4.78 is 33.0. The Bertz CT molecular complexity index is 586. The van der Waals surface area contributed by atoms with Gasteiger partial charge in [-0.3, -0.25) is 0 Å². The van der Waals surface area contributed by atoms with E-state index in [9.17, 15) is 8.78 Å². The molecule has 0 saturated heterocycles. The summed E-state index contributed by atoms with van der Waals surface area (Å²) in [6, 6.07) is 3.78. The molecule has 7 heteroatoms. The minimum absolute atomic E-state index is 0.258. The molecule has 108 valence electrons. The Morgan fingerprint density at radius 3 is 2.60 bits per heavy atom. The van der Waals surface area contributed by atoms with Crippen molar-refractivity contribution in [1.82, 2.24) is 14.8 Å². The van der Waals surface area contributed by atoms with Crippen molar-refractivity contribution in [3.8, 4) is 0 Å². The first-order valence-electron chi connectivity index (χ1n) is 6.19. The Labute approximate surface area is 115 Å². The summed E-state index contributed by atoms with van der Waals surface area (Å²) in [7, 11) is 1.60. The summed E-state index contributed by atoms with van der Waals surface area (Å²) in [6.45, 7) is 1.32. The summed E-state index contributed by atoms with van der Waals surface area (Å²) in [6.07, 6.45) is 0.355. The predicted molar refractivity (Wildman–Crippen MR) is 69.0 cm³/mol. The highest BCUT2D eigenvalue weighted by atomic mass is 19.2. The Morgan fingerprint density at radius 2 is 1.95 bits per heavy atom. The maximum atomic E-state index is 13.2. The molecule has 0 bridgehead atoms. The lowest BCUT2D eigenvalue weighted by molar-refractivity contribution is 0.185. The third kappa shape index (κ3) is 3.17. The van der Waals surface area contributed by atoms with E-state index in [2.05, 4.69) is 10.2 Å². The highest BCUT2D eigenvalue weighted by Crippen LogP contribution is 2.13. The zero-order chi connectivity index (χ0) is 14.5. The second kappa shape index (κ2) is 6.53. The molecule has 0 aliphatic heterocycles. The number of aromatic nitrogens is 3. The van der Waals surface area contributed by atoms with Crippen LogP contribution in [0.5, 0.6) is 0 Å². The molecular formula is C13H16F2N4O. The molecule has 0 radical (unpaired) electrons. The Balaban J connectivity index is 2.23. The second-order valence-corrected chi connectivity index (χ2v) is 4.31. The van der Waals surface area contributed by atoms with Crippen molar-refractivity contribution in [2.24, 2.45) is 5.73 Å². The molecule has 1 aromatic heterocycles. The molecule has 0 aliphatic carbocycles. The van der Waals surface area contributed by atoms with Crippen LogP contribution in [-0.4, -0.2) is 28.5 Å². The molecular weight excluding hydrogens is 266 g/mol. The van der Waals surface area contributed by atoms with Gasteiger partial charge in [-0.1, -0.05) is 6.07 Å². The van der Waals surface area contributed by atoms with Gasteiger partial charge in [0.15, 0.2) is 11.6 Å². The van der Waals surface area contributed by atoms with Gasteiger partial charge in [0.05, 0.1) is 13.2 Å². The fraction of sp³-hybridized carbons (Fsp3) is 0.385. The predicted octanol–water partition coefficient (Wildman–Crippen LogP) is 1.25. The number of halogens is 2. The molecule has 0 saturated carbocycles. The summed E-state index contributed by atoms with van der Waals surface area (Å²) >= 11 is 0. The van der Waals surface area contributed by atoms with Gasteiger partial charge in [-0.05, 0) is 17.7 Å². The molecule has 2 N–H and O–H groups in total. The van der Waals surface area contributed by atoms with E-state index in [4.69, 9.17) is 10.5 Å². The van der Waals surface area contributed by atoms with Crippen molar-refractivity contribution in [3.05, 3.63) is 47.0 Å². The van der Waals surface area contributed by atoms with E-state index >= 15 is 0 Å². The summed E-state index contributed by atoms with van der Waals surface area (Å²) in [5.41, 5.74) is 6.22. The average molecular weight is 282 g/mol. The van der Waals surface area contributed by atoms with E-state index in [0.717, 1.165) is 12.1 Å². The average Bonchev–Trinajstić information content (AvgIpc) is 2.82. The quantitative estimate of drug-likeness (QED) is 0.866. The van der Waals surface area contributed by atoms with Crippen molar-refractivity contribution < 1.29 is 13.5 Å². The molecule has 0 fully saturated rings. The van der Waals surface area contributed by atoms with Crippen LogP contribution in [0.1, 0.15) is 17.2 Å². The van der Waals surface area contributed by atoms with Gasteiger partial charge in [-0.25, -0.2) is 8.78 Å². The number of hydrogen-bond donors (Lipinski definition) is 1. The van der Waals surface area contributed by atoms with E-state index in [-0.39, 0.29) is 6.54 Å². The van der Waals surface area contributed by atoms with Crippen molar-refractivity contribution in [2.45, 2.75) is 19.5 Å². The molecule has 2 rings (SSSR count). The van der Waals surface area contributed by atoms with Gasteiger partial charge in [0.1, 0.15) is 11.6 Å². The largest absolute Gasteiger partial charge is 0.383 e. The normalized spacial score (nSPS) is 11.0. The number of methoxy groups -OCH3 is 1. The summed E-state index contributed by atoms with van der Waals surface area (Å²) in [4.78, 5) is 0. The molecule has 1 heterocycles. The molecule has 20 heavy (non-hydrogen) atoms. The fourth-order valence-corrected chi connectivity index (χ4v) is 1.93. The van der Waals surface area contributed by atoms with Crippen molar-refractivity contribution in [1.29, 1.82) is 0 Å². The van der Waals surface area contributed by atoms with Crippen LogP contribution < -0.4 is 5.73 Å². The number of ether oxygens (including phenoxy) is 1. The lowest BCUT2D eigenvalue weighted by Crippen LogP contribution is -2.14. The zero-order valence-electron chi connectivity index (χ0n) is 11.1. The lowest BCUT2D eigenvalue weighted by Gasteiger charge is -2.09. The molecule has 0 atom stereocenters. The Morgan fingerprint density at radius 1 is 1.20 bits per heavy atom. The van der Waals surface area contributed by atoms with Crippen molar-refractivity contribution in [3.63, 3.8) is 0 Å². The van der Waals surface area contributed by atoms with Crippen molar-refractivity contribution in [2.75, 3.05) is 13.7 Å². The highest BCUT2D eigenvalue weighted by molar-refractivity contribution is 5.21. The topological polar surface area (TPSA) is 66.0 Å². The van der Waals surface area contributed by atoms with Crippen LogP contribution in [0.25, 0.3) is 0 Å². The van der Waals surface area contributed by atoms with Gasteiger partial charge in [-0.15, -0.1) is 10.2 Å². The maximum absolute atomic E-state index is 13.2. The molecule has 0 aliphatic rings. The molecule has 0 amide bonds. The van der Waals surface area contributed by atoms with E-state index in [1.54, 1.807) is 7.11 Å². The number of nitrogens with two attached hydrogens (primary N) is 1. The van der Waals surface area contributed by atoms with Crippen LogP contribution in [0.4, 0.5) is 8.78 Å². The molecule has 1 aromatic carbocycles. The summed E-state index contributed by atoms with van der Waals surface area (Å²) in [5.74, 6) is -0.449. The van der Waals surface area contributed by atoms with Crippen molar-refractivity contribution >= 4 is 0 Å². The monoisotopic (exact) mass is 282 g/mol. The van der Waals surface area contributed by atoms with E-state index in [1.807, 2.05) is 4.57 Å². The van der Waals surface area contributed by atoms with Crippen LogP contribution in [0, 0.1) is 11.6 Å². The van der Waals surface area contributed by atoms with Crippen LogP contribution in [0.2, 0.25) is 0 Å². The van der Waals surface area contributed by atoms with Crippen LogP contribution in [0.3, 0.4) is 0 Å². The zero-order valence-corrected chi connectivity index (χ0v) is 11.1. The number of rotatable bonds is 6. The number of hydrogen-bond acceptors (Lipinski definition) is 4. The van der Waals surface area contributed by atoms with Gasteiger partial charge in [0.2, 0.25) is 0 Å². The summed E-state index contributed by atoms with van der Waals surface area (Å²) in [5, 5.41) is 8.04. The molecule has 0 unspecified atom stereocenters. The Hall–Kier alpha value is -1.86. The maximum Gasteiger partial charge on any atom is 0.159 e. The van der Waals surface area contributed by atoms with E-state index < -0.39 is 11.6 Å². The first-order valence-corrected chi connectivity index (χ1v) is 6.19. The second-order valence-electron chi connectivity index (χ2n) is 4.31. The van der Waals surface area contributed by atoms with Gasteiger partial charge in [0, 0.05) is 20.1 Å². The fourth-order valence-electron chi connectivity index (χ4n) is 1.93. The van der Waals surface area contributed by atoms with Crippen LogP contribution in [0.15, 0.2) is 18.2 Å². The van der Waals surface area contributed by atoms with Gasteiger partial charge >= 0.3 is 0 Å². The number of benzene rings is 1. The van der Waals surface area contributed by atoms with Gasteiger partial charge in [0.25, 0.3) is 0 Å². The van der Waals surface area contributed by atoms with E-state index in [1.165, 1.54) is 6.07 Å². The highest BCUT2D eigenvalue weighted by Gasteiger charge is 2.12. The first kappa shape index (κ1) is 14.5. The van der Waals surface area contributed by atoms with E-state index in [0.29, 0.717) is 36.8 Å². The minimum Gasteiger partial charge on any atom is -0.383 e. The SMILES string of the molecule is COCCn1c(CN)nnc1Cc1ccc(F)c(F)c1. The third-order valence-electron chi connectivity index (χ3n) is 2.95. The lowest BCUT2D eigenvalue weighted by atomic mass is 10.1. The molecule has 2 aromatic rings. The smallest absolute Gasteiger partial charge is 0.159 e. The standard InChI is InChI=1S/C13H16F2N4O/c1-20-5-4-19-12(17-18-13(19)8-16)7-9-2-3-10(14)11(15)6-9/h2-3,6H,4-5,7-8,16H2,1H3. The molecule has 5 nitrogen and oxygen atoms in total. The minimum atomic E-state index is -0.871.